The van der Waals surface area contributed by atoms with Crippen molar-refractivity contribution in [3.05, 3.63) is 41.1 Å². The maximum atomic E-state index is 5.66. The molecular weight excluding hydrogens is 236 g/mol. The van der Waals surface area contributed by atoms with Gasteiger partial charge >= 0.3 is 0 Å². The normalized spacial score (nSPS) is 17.7. The maximum absolute atomic E-state index is 5.66. The molecule has 0 saturated heterocycles. The van der Waals surface area contributed by atoms with E-state index in [0.717, 1.165) is 30.8 Å². The molecule has 3 heteroatoms. The first-order valence-corrected chi connectivity index (χ1v) is 7.21. The van der Waals surface area contributed by atoms with Gasteiger partial charge in [-0.05, 0) is 37.7 Å². The van der Waals surface area contributed by atoms with Crippen molar-refractivity contribution in [1.82, 2.24) is 10.5 Å². The van der Waals surface area contributed by atoms with E-state index in [4.69, 9.17) is 4.52 Å². The maximum Gasteiger partial charge on any atom is 0.170 e. The molecule has 4 rings (SSSR count). The number of rotatable bonds is 3. The van der Waals surface area contributed by atoms with Crippen LogP contribution in [0.4, 0.5) is 0 Å². The first-order valence-electron chi connectivity index (χ1n) is 7.21. The van der Waals surface area contributed by atoms with Crippen LogP contribution in [0.2, 0.25) is 0 Å². The van der Waals surface area contributed by atoms with Crippen LogP contribution in [-0.4, -0.2) is 11.2 Å². The van der Waals surface area contributed by atoms with Gasteiger partial charge in [0.2, 0.25) is 0 Å². The van der Waals surface area contributed by atoms with Gasteiger partial charge in [0.1, 0.15) is 5.69 Å². The number of benzene rings is 1. The lowest BCUT2D eigenvalue weighted by molar-refractivity contribution is 0.419. The van der Waals surface area contributed by atoms with Gasteiger partial charge in [0, 0.05) is 23.7 Å². The number of fused-ring (bicyclic) bond motifs is 3. The number of hydrogen-bond donors (Lipinski definition) is 1. The van der Waals surface area contributed by atoms with Crippen LogP contribution in [0.3, 0.4) is 0 Å². The smallest absolute Gasteiger partial charge is 0.170 e. The summed E-state index contributed by atoms with van der Waals surface area (Å²) >= 11 is 0. The zero-order valence-electron chi connectivity index (χ0n) is 11.0. The van der Waals surface area contributed by atoms with Crippen molar-refractivity contribution in [2.45, 2.75) is 44.7 Å². The summed E-state index contributed by atoms with van der Waals surface area (Å²) < 4.78 is 5.66. The second-order valence-corrected chi connectivity index (χ2v) is 5.60. The quantitative estimate of drug-likeness (QED) is 0.914. The zero-order chi connectivity index (χ0) is 12.7. The summed E-state index contributed by atoms with van der Waals surface area (Å²) in [6.07, 6.45) is 6.01. The van der Waals surface area contributed by atoms with Gasteiger partial charge in [0.25, 0.3) is 0 Å². The second-order valence-electron chi connectivity index (χ2n) is 5.60. The molecule has 0 spiro atoms. The molecule has 0 bridgehead atoms. The summed E-state index contributed by atoms with van der Waals surface area (Å²) in [5, 5.41) is 7.83. The summed E-state index contributed by atoms with van der Waals surface area (Å²) in [5.74, 6) is 1.00. The van der Waals surface area contributed by atoms with Crippen LogP contribution in [0.5, 0.6) is 0 Å². The van der Waals surface area contributed by atoms with Crippen molar-refractivity contribution in [2.24, 2.45) is 0 Å². The Morgan fingerprint density at radius 1 is 1.21 bits per heavy atom. The highest BCUT2D eigenvalue weighted by Crippen LogP contribution is 2.34. The largest absolute Gasteiger partial charge is 0.356 e. The lowest BCUT2D eigenvalue weighted by atomic mass is 10.0. The average molecular weight is 254 g/mol. The minimum Gasteiger partial charge on any atom is -0.356 e. The molecule has 3 nitrogen and oxygen atoms in total. The van der Waals surface area contributed by atoms with E-state index in [-0.39, 0.29) is 0 Å². The summed E-state index contributed by atoms with van der Waals surface area (Å²) in [6.45, 7) is 0.853. The molecule has 2 aliphatic rings. The summed E-state index contributed by atoms with van der Waals surface area (Å²) in [6, 6.07) is 9.26. The predicted octanol–water partition coefficient (Wildman–Crippen LogP) is 3.08. The minimum absolute atomic E-state index is 0.713. The van der Waals surface area contributed by atoms with E-state index in [1.54, 1.807) is 0 Å². The highest BCUT2D eigenvalue weighted by atomic mass is 16.5. The van der Waals surface area contributed by atoms with E-state index in [1.165, 1.54) is 36.0 Å². The van der Waals surface area contributed by atoms with Gasteiger partial charge in [-0.15, -0.1) is 0 Å². The Morgan fingerprint density at radius 2 is 2.11 bits per heavy atom. The van der Waals surface area contributed by atoms with Crippen LogP contribution in [0, 0.1) is 0 Å². The Hall–Kier alpha value is -1.61. The number of hydrogen-bond acceptors (Lipinski definition) is 3. The molecule has 2 aromatic rings. The Labute approximate surface area is 113 Å². The van der Waals surface area contributed by atoms with Crippen LogP contribution in [0.15, 0.2) is 28.8 Å². The molecular formula is C16H18N2O. The molecule has 19 heavy (non-hydrogen) atoms. The Kier molecular flexibility index (Phi) is 2.66. The Bertz CT molecular complexity index is 599. The molecule has 0 aliphatic heterocycles. The molecule has 1 aromatic carbocycles. The lowest BCUT2D eigenvalue weighted by Crippen LogP contribution is -2.16. The van der Waals surface area contributed by atoms with Gasteiger partial charge in [-0.2, -0.15) is 0 Å². The van der Waals surface area contributed by atoms with E-state index >= 15 is 0 Å². The Morgan fingerprint density at radius 3 is 3.00 bits per heavy atom. The van der Waals surface area contributed by atoms with Crippen molar-refractivity contribution in [2.75, 3.05) is 0 Å². The summed E-state index contributed by atoms with van der Waals surface area (Å²) in [7, 11) is 0. The third-order valence-corrected chi connectivity index (χ3v) is 4.14. The van der Waals surface area contributed by atoms with Crippen molar-refractivity contribution >= 4 is 0 Å². The molecule has 2 aliphatic carbocycles. The number of aryl methyl sites for hydroxylation is 1. The molecule has 0 unspecified atom stereocenters. The highest BCUT2D eigenvalue weighted by molar-refractivity contribution is 5.67. The lowest BCUT2D eigenvalue weighted by Gasteiger charge is -2.02. The van der Waals surface area contributed by atoms with Crippen LogP contribution in [-0.2, 0) is 19.4 Å². The van der Waals surface area contributed by atoms with Crippen LogP contribution < -0.4 is 5.32 Å². The summed E-state index contributed by atoms with van der Waals surface area (Å²) in [5.41, 5.74) is 5.05. The molecule has 0 atom stereocenters. The van der Waals surface area contributed by atoms with Crippen molar-refractivity contribution in [3.8, 4) is 11.3 Å². The van der Waals surface area contributed by atoms with Crippen LogP contribution in [0.1, 0.15) is 36.1 Å². The second kappa shape index (κ2) is 4.49. The van der Waals surface area contributed by atoms with E-state index in [0.29, 0.717) is 6.04 Å². The van der Waals surface area contributed by atoms with E-state index in [2.05, 4.69) is 34.7 Å². The van der Waals surface area contributed by atoms with Crippen molar-refractivity contribution in [3.63, 3.8) is 0 Å². The summed E-state index contributed by atoms with van der Waals surface area (Å²) in [4.78, 5) is 0. The van der Waals surface area contributed by atoms with E-state index in [9.17, 15) is 0 Å². The molecule has 1 N–H and O–H groups in total. The van der Waals surface area contributed by atoms with Gasteiger partial charge in [0.15, 0.2) is 5.76 Å². The molecule has 1 saturated carbocycles. The molecule has 1 aromatic heterocycles. The third kappa shape index (κ3) is 2.08. The van der Waals surface area contributed by atoms with Gasteiger partial charge in [-0.3, -0.25) is 0 Å². The molecule has 1 fully saturated rings. The monoisotopic (exact) mass is 254 g/mol. The van der Waals surface area contributed by atoms with Crippen molar-refractivity contribution < 1.29 is 4.52 Å². The van der Waals surface area contributed by atoms with Crippen LogP contribution >= 0.6 is 0 Å². The number of nitrogens with one attached hydrogen (secondary N) is 1. The Balaban J connectivity index is 1.70. The fraction of sp³-hybridized carbons (Fsp3) is 0.438. The molecule has 1 heterocycles. The molecule has 0 amide bonds. The minimum atomic E-state index is 0.713. The SMILES string of the molecule is c1ccc2c(c1)CCCc1c(CNC3CC3)noc1-2. The van der Waals surface area contributed by atoms with Crippen molar-refractivity contribution in [1.29, 1.82) is 0 Å². The first kappa shape index (κ1) is 11.2. The first-order chi connectivity index (χ1) is 9.42. The average Bonchev–Trinajstić information content (AvgIpc) is 3.21. The highest BCUT2D eigenvalue weighted by Gasteiger charge is 2.25. The fourth-order valence-corrected chi connectivity index (χ4v) is 2.89. The predicted molar refractivity (Wildman–Crippen MR) is 73.8 cm³/mol. The van der Waals surface area contributed by atoms with Gasteiger partial charge in [-0.1, -0.05) is 29.4 Å². The zero-order valence-corrected chi connectivity index (χ0v) is 11.0. The standard InChI is InChI=1S/C16H18N2O/c1-2-6-13-11(4-1)5-3-7-14-15(18-19-16(13)14)10-17-12-8-9-12/h1-2,4,6,12,17H,3,5,7-10H2. The van der Waals surface area contributed by atoms with Gasteiger partial charge in [0.05, 0.1) is 0 Å². The van der Waals surface area contributed by atoms with E-state index < -0.39 is 0 Å². The van der Waals surface area contributed by atoms with Gasteiger partial charge < -0.3 is 9.84 Å². The van der Waals surface area contributed by atoms with Crippen LogP contribution in [0.25, 0.3) is 11.3 Å². The van der Waals surface area contributed by atoms with Gasteiger partial charge in [-0.25, -0.2) is 0 Å². The number of aromatic nitrogens is 1. The molecule has 98 valence electrons. The number of nitrogens with zero attached hydrogens (tertiary/aromatic N) is 1. The topological polar surface area (TPSA) is 38.1 Å². The third-order valence-electron chi connectivity index (χ3n) is 4.14. The fourth-order valence-electron chi connectivity index (χ4n) is 2.89. The van der Waals surface area contributed by atoms with E-state index in [1.807, 2.05) is 0 Å². The molecule has 0 radical (unpaired) electrons.